The number of thiazole rings is 1. The lowest BCUT2D eigenvalue weighted by molar-refractivity contribution is -0.123. The Bertz CT molecular complexity index is 415. The van der Waals surface area contributed by atoms with Gasteiger partial charge in [-0.2, -0.15) is 0 Å². The van der Waals surface area contributed by atoms with Gasteiger partial charge in [-0.15, -0.1) is 11.3 Å². The molecule has 15 heavy (non-hydrogen) atoms. The Hall–Kier alpha value is -1.43. The summed E-state index contributed by atoms with van der Waals surface area (Å²) in [7, 11) is 0. The third kappa shape index (κ3) is 1.85. The zero-order valence-corrected chi connectivity index (χ0v) is 9.08. The van der Waals surface area contributed by atoms with Gasteiger partial charge in [-0.25, -0.2) is 4.98 Å². The van der Waals surface area contributed by atoms with Gasteiger partial charge in [-0.1, -0.05) is 0 Å². The molecule has 2 N–H and O–H groups in total. The van der Waals surface area contributed by atoms with Crippen molar-refractivity contribution < 1.29 is 9.59 Å². The number of rotatable bonds is 2. The van der Waals surface area contributed by atoms with Crippen molar-refractivity contribution in [2.45, 2.75) is 13.3 Å². The Morgan fingerprint density at radius 2 is 2.47 bits per heavy atom. The molecule has 1 fully saturated rings. The average Bonchev–Trinajstić information content (AvgIpc) is 2.71. The number of primary amides is 1. The highest BCUT2D eigenvalue weighted by Gasteiger charge is 2.35. The van der Waals surface area contributed by atoms with Gasteiger partial charge in [0.2, 0.25) is 11.8 Å². The standard InChI is InChI=1S/C9H11N3O2S/c1-5-3-11-9(15-5)12-4-6(8(10)14)2-7(12)13/h3,6H,2,4H2,1H3,(H2,10,14). The summed E-state index contributed by atoms with van der Waals surface area (Å²) in [5.74, 6) is -0.867. The predicted molar refractivity (Wildman–Crippen MR) is 56.5 cm³/mol. The normalized spacial score (nSPS) is 21.0. The van der Waals surface area contributed by atoms with E-state index in [1.54, 1.807) is 6.20 Å². The maximum Gasteiger partial charge on any atom is 0.229 e. The molecule has 0 aliphatic carbocycles. The first-order valence-corrected chi connectivity index (χ1v) is 5.41. The molecule has 2 amide bonds. The molecule has 1 atom stereocenters. The van der Waals surface area contributed by atoms with Crippen molar-refractivity contribution >= 4 is 28.3 Å². The number of nitrogens with zero attached hydrogens (tertiary/aromatic N) is 2. The fraction of sp³-hybridized carbons (Fsp3) is 0.444. The number of nitrogens with two attached hydrogens (primary N) is 1. The summed E-state index contributed by atoms with van der Waals surface area (Å²) in [6.45, 7) is 2.29. The fourth-order valence-corrected chi connectivity index (χ4v) is 2.34. The largest absolute Gasteiger partial charge is 0.369 e. The van der Waals surface area contributed by atoms with E-state index in [0.717, 1.165) is 4.88 Å². The number of aryl methyl sites for hydroxylation is 1. The zero-order chi connectivity index (χ0) is 11.0. The minimum Gasteiger partial charge on any atom is -0.369 e. The molecule has 0 radical (unpaired) electrons. The van der Waals surface area contributed by atoms with Gasteiger partial charge in [-0.3, -0.25) is 14.5 Å². The Kier molecular flexibility index (Phi) is 2.44. The number of hydrogen-bond acceptors (Lipinski definition) is 4. The summed E-state index contributed by atoms with van der Waals surface area (Å²) < 4.78 is 0. The molecule has 1 aliphatic heterocycles. The molecule has 6 heteroatoms. The Morgan fingerprint density at radius 3 is 2.93 bits per heavy atom. The van der Waals surface area contributed by atoms with E-state index in [9.17, 15) is 9.59 Å². The van der Waals surface area contributed by atoms with Crippen LogP contribution in [0.5, 0.6) is 0 Å². The van der Waals surface area contributed by atoms with Crippen LogP contribution in [0.15, 0.2) is 6.20 Å². The predicted octanol–water partition coefficient (Wildman–Crippen LogP) is 0.290. The summed E-state index contributed by atoms with van der Waals surface area (Å²) in [5, 5.41) is 0.654. The molecule has 2 rings (SSSR count). The molecule has 1 aromatic rings. The molecule has 0 bridgehead atoms. The first kappa shape index (κ1) is 10.1. The Balaban J connectivity index is 2.18. The molecule has 0 spiro atoms. The monoisotopic (exact) mass is 225 g/mol. The van der Waals surface area contributed by atoms with Crippen LogP contribution in [0.4, 0.5) is 5.13 Å². The van der Waals surface area contributed by atoms with E-state index in [2.05, 4.69) is 4.98 Å². The molecule has 0 saturated carbocycles. The Morgan fingerprint density at radius 1 is 1.73 bits per heavy atom. The molecule has 5 nitrogen and oxygen atoms in total. The van der Waals surface area contributed by atoms with Gasteiger partial charge >= 0.3 is 0 Å². The molecule has 1 unspecified atom stereocenters. The average molecular weight is 225 g/mol. The van der Waals surface area contributed by atoms with Crippen LogP contribution < -0.4 is 10.6 Å². The van der Waals surface area contributed by atoms with Gasteiger partial charge in [0.05, 0.1) is 5.92 Å². The van der Waals surface area contributed by atoms with Gasteiger partial charge in [-0.05, 0) is 6.92 Å². The van der Waals surface area contributed by atoms with E-state index in [1.165, 1.54) is 16.2 Å². The van der Waals surface area contributed by atoms with Crippen LogP contribution in [-0.4, -0.2) is 23.3 Å². The number of anilines is 1. The van der Waals surface area contributed by atoms with E-state index in [-0.39, 0.29) is 18.2 Å². The highest BCUT2D eigenvalue weighted by molar-refractivity contribution is 7.15. The van der Waals surface area contributed by atoms with E-state index in [0.29, 0.717) is 11.7 Å². The van der Waals surface area contributed by atoms with Crippen LogP contribution in [0, 0.1) is 12.8 Å². The third-order valence-corrected chi connectivity index (χ3v) is 3.30. The number of hydrogen-bond donors (Lipinski definition) is 1. The van der Waals surface area contributed by atoms with Crippen molar-refractivity contribution in [3.05, 3.63) is 11.1 Å². The van der Waals surface area contributed by atoms with Gasteiger partial charge in [0.15, 0.2) is 5.13 Å². The van der Waals surface area contributed by atoms with Crippen molar-refractivity contribution in [3.8, 4) is 0 Å². The van der Waals surface area contributed by atoms with Crippen LogP contribution in [0.2, 0.25) is 0 Å². The summed E-state index contributed by atoms with van der Waals surface area (Å²) in [5.41, 5.74) is 5.17. The molecule has 1 aromatic heterocycles. The first-order chi connectivity index (χ1) is 7.08. The molecular weight excluding hydrogens is 214 g/mol. The molecular formula is C9H11N3O2S. The fourth-order valence-electron chi connectivity index (χ4n) is 1.55. The van der Waals surface area contributed by atoms with E-state index >= 15 is 0 Å². The maximum absolute atomic E-state index is 11.6. The maximum atomic E-state index is 11.6. The summed E-state index contributed by atoms with van der Waals surface area (Å²) in [6, 6.07) is 0. The van der Waals surface area contributed by atoms with E-state index < -0.39 is 5.91 Å². The lowest BCUT2D eigenvalue weighted by Gasteiger charge is -2.11. The van der Waals surface area contributed by atoms with Gasteiger partial charge < -0.3 is 5.73 Å². The van der Waals surface area contributed by atoms with Crippen LogP contribution in [-0.2, 0) is 9.59 Å². The second-order valence-corrected chi connectivity index (χ2v) is 4.77. The van der Waals surface area contributed by atoms with Crippen LogP contribution >= 0.6 is 11.3 Å². The quantitative estimate of drug-likeness (QED) is 0.786. The minimum atomic E-state index is -0.417. The summed E-state index contributed by atoms with van der Waals surface area (Å²) >= 11 is 1.44. The van der Waals surface area contributed by atoms with Gasteiger partial charge in [0.1, 0.15) is 0 Å². The highest BCUT2D eigenvalue weighted by Crippen LogP contribution is 2.28. The minimum absolute atomic E-state index is 0.0758. The van der Waals surface area contributed by atoms with Gasteiger partial charge in [0.25, 0.3) is 0 Å². The number of carbonyl (C=O) groups excluding carboxylic acids is 2. The van der Waals surface area contributed by atoms with E-state index in [1.807, 2.05) is 6.92 Å². The van der Waals surface area contributed by atoms with Crippen LogP contribution in [0.25, 0.3) is 0 Å². The number of aromatic nitrogens is 1. The number of carbonyl (C=O) groups is 2. The molecule has 1 saturated heterocycles. The third-order valence-electron chi connectivity index (χ3n) is 2.37. The first-order valence-electron chi connectivity index (χ1n) is 4.60. The van der Waals surface area contributed by atoms with E-state index in [4.69, 9.17) is 5.73 Å². The lowest BCUT2D eigenvalue weighted by Crippen LogP contribution is -2.28. The van der Waals surface area contributed by atoms with Gasteiger partial charge in [0, 0.05) is 24.0 Å². The summed E-state index contributed by atoms with van der Waals surface area (Å²) in [6.07, 6.45) is 1.92. The smallest absolute Gasteiger partial charge is 0.229 e. The molecule has 0 aromatic carbocycles. The molecule has 80 valence electrons. The van der Waals surface area contributed by atoms with Crippen molar-refractivity contribution in [2.75, 3.05) is 11.4 Å². The zero-order valence-electron chi connectivity index (χ0n) is 8.27. The second kappa shape index (κ2) is 3.62. The second-order valence-electron chi connectivity index (χ2n) is 3.56. The molecule has 2 heterocycles. The van der Waals surface area contributed by atoms with Crippen molar-refractivity contribution in [1.29, 1.82) is 0 Å². The van der Waals surface area contributed by atoms with Crippen LogP contribution in [0.3, 0.4) is 0 Å². The van der Waals surface area contributed by atoms with Crippen molar-refractivity contribution in [1.82, 2.24) is 4.98 Å². The van der Waals surface area contributed by atoms with Crippen LogP contribution in [0.1, 0.15) is 11.3 Å². The highest BCUT2D eigenvalue weighted by atomic mass is 32.1. The number of amides is 2. The lowest BCUT2D eigenvalue weighted by atomic mass is 10.1. The SMILES string of the molecule is Cc1cnc(N2CC(C(N)=O)CC2=O)s1. The molecule has 1 aliphatic rings. The van der Waals surface area contributed by atoms with Crippen molar-refractivity contribution in [2.24, 2.45) is 11.7 Å². The van der Waals surface area contributed by atoms with Crippen molar-refractivity contribution in [3.63, 3.8) is 0 Å². The Labute approximate surface area is 90.9 Å². The summed E-state index contributed by atoms with van der Waals surface area (Å²) in [4.78, 5) is 29.2. The topological polar surface area (TPSA) is 76.3 Å².